The molecule has 0 amide bonds. The van der Waals surface area contributed by atoms with E-state index in [9.17, 15) is 0 Å². The van der Waals surface area contributed by atoms with Crippen LogP contribution in [-0.2, 0) is 0 Å². The molecule has 6 nitrogen and oxygen atoms in total. The first-order valence-corrected chi connectivity index (χ1v) is 10.5. The van der Waals surface area contributed by atoms with Crippen molar-refractivity contribution >= 4 is 54.5 Å². The van der Waals surface area contributed by atoms with E-state index >= 15 is 0 Å². The average Bonchev–Trinajstić information content (AvgIpc) is 3.53. The molecular weight excluding hydrogens is 467 g/mol. The Kier molecular flexibility index (Phi) is 8.96. The molecule has 2 saturated heterocycles. The van der Waals surface area contributed by atoms with Gasteiger partial charge in [0.15, 0.2) is 0 Å². The van der Waals surface area contributed by atoms with Crippen LogP contribution >= 0.6 is 37.2 Å². The molecule has 4 heterocycles. The Morgan fingerprint density at radius 1 is 0.656 bits per heavy atom. The quantitative estimate of drug-likeness (QED) is 0.392. The summed E-state index contributed by atoms with van der Waals surface area (Å²) < 4.78 is 2.01. The van der Waals surface area contributed by atoms with E-state index < -0.39 is 0 Å². The smallest absolute Gasteiger partial charge is 0.137 e. The lowest BCUT2D eigenvalue weighted by atomic mass is 10.1. The SMILES string of the molecule is Cl.Cl.Cl.N=C(c1ccc(-c2cn3cc(C(=N)N4CCCC4)ccc3n2)cc1)N1CCCC1. The predicted molar refractivity (Wildman–Crippen MR) is 138 cm³/mol. The van der Waals surface area contributed by atoms with Crippen LogP contribution < -0.4 is 0 Å². The molecule has 2 N–H and O–H groups in total. The van der Waals surface area contributed by atoms with E-state index in [4.69, 9.17) is 15.8 Å². The number of aromatic nitrogens is 2. The molecule has 2 aliphatic heterocycles. The molecule has 32 heavy (non-hydrogen) atoms. The monoisotopic (exact) mass is 494 g/mol. The van der Waals surface area contributed by atoms with Gasteiger partial charge in [-0.3, -0.25) is 10.8 Å². The zero-order chi connectivity index (χ0) is 19.8. The summed E-state index contributed by atoms with van der Waals surface area (Å²) in [7, 11) is 0. The zero-order valence-corrected chi connectivity index (χ0v) is 20.2. The highest BCUT2D eigenvalue weighted by atomic mass is 35.5. The van der Waals surface area contributed by atoms with Gasteiger partial charge in [0, 0.05) is 55.3 Å². The number of likely N-dealkylation sites (tertiary alicyclic amines) is 2. The Bertz CT molecular complexity index is 1070. The van der Waals surface area contributed by atoms with Crippen LogP contribution in [0.25, 0.3) is 16.9 Å². The standard InChI is InChI=1S/C23H26N6.3ClH/c24-22(27-11-1-2-12-27)18-7-5-17(6-8-18)20-16-29-15-19(9-10-21(29)26-20)23(25)28-13-3-4-14-28;;;/h5-10,15-16,24-25H,1-4,11-14H2;3*1H. The summed E-state index contributed by atoms with van der Waals surface area (Å²) in [6.07, 6.45) is 8.73. The molecule has 0 radical (unpaired) electrons. The normalized spacial score (nSPS) is 15.1. The van der Waals surface area contributed by atoms with Crippen LogP contribution in [0.15, 0.2) is 48.8 Å². The predicted octanol–water partition coefficient (Wildman–Crippen LogP) is 5.11. The number of benzene rings is 1. The molecule has 0 saturated carbocycles. The fourth-order valence-corrected chi connectivity index (χ4v) is 4.32. The lowest BCUT2D eigenvalue weighted by molar-refractivity contribution is 0.517. The topological polar surface area (TPSA) is 71.5 Å². The van der Waals surface area contributed by atoms with Gasteiger partial charge in [-0.05, 0) is 37.8 Å². The number of pyridine rings is 1. The summed E-state index contributed by atoms with van der Waals surface area (Å²) in [5.74, 6) is 1.22. The lowest BCUT2D eigenvalue weighted by Crippen LogP contribution is -2.27. The minimum atomic E-state index is 0. The van der Waals surface area contributed by atoms with Gasteiger partial charge >= 0.3 is 0 Å². The van der Waals surface area contributed by atoms with Crippen molar-refractivity contribution in [2.75, 3.05) is 26.2 Å². The van der Waals surface area contributed by atoms with Crippen molar-refractivity contribution in [1.82, 2.24) is 19.2 Å². The van der Waals surface area contributed by atoms with Crippen LogP contribution in [0.3, 0.4) is 0 Å². The summed E-state index contributed by atoms with van der Waals surface area (Å²) >= 11 is 0. The highest BCUT2D eigenvalue weighted by molar-refractivity contribution is 5.97. The van der Waals surface area contributed by atoms with Crippen molar-refractivity contribution in [3.05, 3.63) is 59.9 Å². The second-order valence-electron chi connectivity index (χ2n) is 7.97. The molecule has 5 rings (SSSR count). The van der Waals surface area contributed by atoms with E-state index in [1.165, 1.54) is 25.7 Å². The molecule has 1 aromatic carbocycles. The number of amidine groups is 2. The summed E-state index contributed by atoms with van der Waals surface area (Å²) in [5.41, 5.74) is 4.72. The molecule has 0 spiro atoms. The van der Waals surface area contributed by atoms with E-state index in [0.29, 0.717) is 11.7 Å². The summed E-state index contributed by atoms with van der Waals surface area (Å²) in [6, 6.07) is 12.1. The van der Waals surface area contributed by atoms with Gasteiger partial charge in [0.05, 0.1) is 5.69 Å². The van der Waals surface area contributed by atoms with Crippen LogP contribution in [-0.4, -0.2) is 57.0 Å². The number of nitrogens with one attached hydrogen (secondary N) is 2. The number of hydrogen-bond acceptors (Lipinski definition) is 3. The van der Waals surface area contributed by atoms with Crippen molar-refractivity contribution in [3.8, 4) is 11.3 Å². The third kappa shape index (κ3) is 5.03. The fraction of sp³-hybridized carbons (Fsp3) is 0.348. The fourth-order valence-electron chi connectivity index (χ4n) is 4.32. The van der Waals surface area contributed by atoms with Crippen LogP contribution in [0.1, 0.15) is 36.8 Å². The van der Waals surface area contributed by atoms with E-state index in [1.54, 1.807) is 0 Å². The molecule has 0 unspecified atom stereocenters. The summed E-state index contributed by atoms with van der Waals surface area (Å²) in [4.78, 5) is 9.04. The Balaban J connectivity index is 0.00000121. The maximum atomic E-state index is 8.48. The zero-order valence-electron chi connectivity index (χ0n) is 17.8. The second kappa shape index (κ2) is 11.0. The van der Waals surface area contributed by atoms with E-state index in [1.807, 2.05) is 41.1 Å². The van der Waals surface area contributed by atoms with Crippen LogP contribution in [0.4, 0.5) is 0 Å². The number of halogens is 3. The number of nitrogens with zero attached hydrogens (tertiary/aromatic N) is 4. The molecule has 0 bridgehead atoms. The maximum Gasteiger partial charge on any atom is 0.137 e. The minimum absolute atomic E-state index is 0. The maximum absolute atomic E-state index is 8.48. The van der Waals surface area contributed by atoms with Gasteiger partial charge in [-0.2, -0.15) is 0 Å². The number of rotatable bonds is 3. The van der Waals surface area contributed by atoms with E-state index in [-0.39, 0.29) is 37.2 Å². The highest BCUT2D eigenvalue weighted by Gasteiger charge is 2.18. The molecule has 9 heteroatoms. The minimum Gasteiger partial charge on any atom is -0.357 e. The molecule has 0 aliphatic carbocycles. The van der Waals surface area contributed by atoms with E-state index in [0.717, 1.165) is 54.2 Å². The van der Waals surface area contributed by atoms with Gasteiger partial charge < -0.3 is 14.2 Å². The number of fused-ring (bicyclic) bond motifs is 1. The highest BCUT2D eigenvalue weighted by Crippen LogP contribution is 2.22. The first-order chi connectivity index (χ1) is 14.2. The number of hydrogen-bond donors (Lipinski definition) is 2. The summed E-state index contributed by atoms with van der Waals surface area (Å²) in [6.45, 7) is 3.93. The van der Waals surface area contributed by atoms with Crippen molar-refractivity contribution < 1.29 is 0 Å². The third-order valence-corrected chi connectivity index (χ3v) is 6.02. The molecule has 2 aliphatic rings. The van der Waals surface area contributed by atoms with Gasteiger partial charge in [0.1, 0.15) is 17.3 Å². The molecule has 172 valence electrons. The Morgan fingerprint density at radius 2 is 1.16 bits per heavy atom. The van der Waals surface area contributed by atoms with Crippen molar-refractivity contribution in [3.63, 3.8) is 0 Å². The van der Waals surface area contributed by atoms with Gasteiger partial charge in [-0.15, -0.1) is 37.2 Å². The first-order valence-electron chi connectivity index (χ1n) is 10.5. The van der Waals surface area contributed by atoms with Crippen molar-refractivity contribution in [1.29, 1.82) is 10.8 Å². The Morgan fingerprint density at radius 3 is 1.72 bits per heavy atom. The molecule has 0 atom stereocenters. The molecule has 2 fully saturated rings. The van der Waals surface area contributed by atoms with Crippen LogP contribution in [0.5, 0.6) is 0 Å². The lowest BCUT2D eigenvalue weighted by Gasteiger charge is -2.18. The van der Waals surface area contributed by atoms with Crippen molar-refractivity contribution in [2.24, 2.45) is 0 Å². The summed E-state index contributed by atoms with van der Waals surface area (Å²) in [5, 5.41) is 16.9. The Hall–Kier alpha value is -2.28. The largest absolute Gasteiger partial charge is 0.357 e. The molecule has 3 aromatic rings. The Labute approximate surface area is 207 Å². The van der Waals surface area contributed by atoms with Gasteiger partial charge in [-0.25, -0.2) is 4.98 Å². The average molecular weight is 496 g/mol. The van der Waals surface area contributed by atoms with E-state index in [2.05, 4.69) is 21.9 Å². The van der Waals surface area contributed by atoms with Crippen LogP contribution in [0, 0.1) is 10.8 Å². The van der Waals surface area contributed by atoms with Crippen LogP contribution in [0.2, 0.25) is 0 Å². The molecule has 2 aromatic heterocycles. The molecular formula is C23H29Cl3N6. The second-order valence-corrected chi connectivity index (χ2v) is 7.97. The first kappa shape index (κ1) is 26.0. The van der Waals surface area contributed by atoms with Gasteiger partial charge in [0.25, 0.3) is 0 Å². The van der Waals surface area contributed by atoms with Gasteiger partial charge in [0.2, 0.25) is 0 Å². The van der Waals surface area contributed by atoms with Crippen molar-refractivity contribution in [2.45, 2.75) is 25.7 Å². The third-order valence-electron chi connectivity index (χ3n) is 6.02. The number of imidazole rings is 1. The van der Waals surface area contributed by atoms with Gasteiger partial charge in [-0.1, -0.05) is 24.3 Å².